The fraction of sp³-hybridized carbons (Fsp3) is 0.500. The molecule has 0 heterocycles. The third kappa shape index (κ3) is 3.59. The van der Waals surface area contributed by atoms with Gasteiger partial charge in [0.25, 0.3) is 0 Å². The number of carbonyl (C=O) groups is 1. The van der Waals surface area contributed by atoms with Crippen LogP contribution in [0.15, 0.2) is 23.8 Å². The molecule has 0 spiro atoms. The van der Waals surface area contributed by atoms with Crippen molar-refractivity contribution in [1.82, 2.24) is 0 Å². The molecule has 0 aliphatic heterocycles. The maximum absolute atomic E-state index is 11.3. The van der Waals surface area contributed by atoms with Gasteiger partial charge in [-0.2, -0.15) is 5.26 Å². The van der Waals surface area contributed by atoms with Crippen LogP contribution in [0.5, 0.6) is 0 Å². The molecule has 3 nitrogen and oxygen atoms in total. The summed E-state index contributed by atoms with van der Waals surface area (Å²) in [6, 6.07) is 1.90. The van der Waals surface area contributed by atoms with Crippen LogP contribution in [-0.4, -0.2) is 12.6 Å². The smallest absolute Gasteiger partial charge is 0.348 e. The Morgan fingerprint density at radius 3 is 3.00 bits per heavy atom. The summed E-state index contributed by atoms with van der Waals surface area (Å²) in [4.78, 5) is 11.3. The molecule has 0 saturated heterocycles. The molecule has 0 aromatic heterocycles. The molecule has 1 unspecified atom stereocenters. The predicted molar refractivity (Wildman–Crippen MR) is 56.8 cm³/mol. The molecule has 3 heteroatoms. The second-order valence-corrected chi connectivity index (χ2v) is 3.46. The van der Waals surface area contributed by atoms with Crippen molar-refractivity contribution in [2.45, 2.75) is 26.2 Å². The molecule has 0 aromatic rings. The van der Waals surface area contributed by atoms with Crippen molar-refractivity contribution in [2.24, 2.45) is 5.92 Å². The standard InChI is InChI=1S/C12H15NO2/c1-2-15-12(14)11(9-13)8-10-6-4-3-5-7-10/h3-4,8,10H,2,5-7H2,1H3/b11-8+. The van der Waals surface area contributed by atoms with Crippen LogP contribution < -0.4 is 0 Å². The van der Waals surface area contributed by atoms with E-state index >= 15 is 0 Å². The van der Waals surface area contributed by atoms with Gasteiger partial charge in [-0.05, 0) is 32.1 Å². The highest BCUT2D eigenvalue weighted by molar-refractivity contribution is 5.92. The second-order valence-electron chi connectivity index (χ2n) is 3.46. The van der Waals surface area contributed by atoms with Crippen LogP contribution in [0.1, 0.15) is 26.2 Å². The summed E-state index contributed by atoms with van der Waals surface area (Å²) < 4.78 is 4.79. The van der Waals surface area contributed by atoms with E-state index in [4.69, 9.17) is 10.00 Å². The Bertz CT molecular complexity index is 323. The molecular formula is C12H15NO2. The summed E-state index contributed by atoms with van der Waals surface area (Å²) in [5.41, 5.74) is 0.136. The minimum absolute atomic E-state index is 0.136. The first-order chi connectivity index (χ1) is 7.27. The molecule has 1 aliphatic carbocycles. The van der Waals surface area contributed by atoms with Gasteiger partial charge in [0.05, 0.1) is 6.61 Å². The molecule has 0 radical (unpaired) electrons. The quantitative estimate of drug-likeness (QED) is 0.307. The summed E-state index contributed by atoms with van der Waals surface area (Å²) in [6.45, 7) is 2.04. The number of hydrogen-bond donors (Lipinski definition) is 0. The Morgan fingerprint density at radius 2 is 2.47 bits per heavy atom. The first kappa shape index (κ1) is 11.5. The SMILES string of the molecule is CCOC(=O)/C(C#N)=C/C1CC=CCC1. The topological polar surface area (TPSA) is 50.1 Å². The third-order valence-corrected chi connectivity index (χ3v) is 2.33. The third-order valence-electron chi connectivity index (χ3n) is 2.33. The molecule has 80 valence electrons. The van der Waals surface area contributed by atoms with Gasteiger partial charge in [0.2, 0.25) is 0 Å². The van der Waals surface area contributed by atoms with Gasteiger partial charge in [-0.15, -0.1) is 0 Å². The Labute approximate surface area is 90.0 Å². The van der Waals surface area contributed by atoms with Crippen LogP contribution >= 0.6 is 0 Å². The van der Waals surface area contributed by atoms with Crippen LogP contribution in [-0.2, 0) is 9.53 Å². The van der Waals surface area contributed by atoms with E-state index in [1.165, 1.54) is 0 Å². The Kier molecular flexibility index (Phi) is 4.62. The van der Waals surface area contributed by atoms with Gasteiger partial charge in [-0.25, -0.2) is 4.79 Å². The lowest BCUT2D eigenvalue weighted by molar-refractivity contribution is -0.138. The lowest BCUT2D eigenvalue weighted by Crippen LogP contribution is -2.09. The van der Waals surface area contributed by atoms with Crippen molar-refractivity contribution in [1.29, 1.82) is 5.26 Å². The molecule has 0 aromatic carbocycles. The first-order valence-corrected chi connectivity index (χ1v) is 5.22. The molecule has 0 saturated carbocycles. The average Bonchev–Trinajstić information content (AvgIpc) is 2.27. The minimum atomic E-state index is -0.505. The van der Waals surface area contributed by atoms with E-state index in [0.717, 1.165) is 19.3 Å². The van der Waals surface area contributed by atoms with Gasteiger partial charge in [0, 0.05) is 0 Å². The highest BCUT2D eigenvalue weighted by Gasteiger charge is 2.14. The van der Waals surface area contributed by atoms with Crippen LogP contribution in [0.25, 0.3) is 0 Å². The fourth-order valence-electron chi connectivity index (χ4n) is 1.56. The highest BCUT2D eigenvalue weighted by Crippen LogP contribution is 2.20. The predicted octanol–water partition coefficient (Wildman–Crippen LogP) is 2.36. The summed E-state index contributed by atoms with van der Waals surface area (Å²) in [5, 5.41) is 8.82. The number of nitrogens with zero attached hydrogens (tertiary/aromatic N) is 1. The van der Waals surface area contributed by atoms with E-state index in [1.54, 1.807) is 13.0 Å². The van der Waals surface area contributed by atoms with E-state index in [2.05, 4.69) is 12.2 Å². The van der Waals surface area contributed by atoms with E-state index in [9.17, 15) is 4.79 Å². The molecule has 1 atom stereocenters. The van der Waals surface area contributed by atoms with Crippen molar-refractivity contribution in [3.8, 4) is 6.07 Å². The maximum Gasteiger partial charge on any atom is 0.348 e. The van der Waals surface area contributed by atoms with Gasteiger partial charge in [-0.3, -0.25) is 0 Å². The summed E-state index contributed by atoms with van der Waals surface area (Å²) >= 11 is 0. The first-order valence-electron chi connectivity index (χ1n) is 5.22. The molecule has 0 amide bonds. The number of hydrogen-bond acceptors (Lipinski definition) is 3. The molecule has 1 aliphatic rings. The number of rotatable bonds is 3. The van der Waals surface area contributed by atoms with Gasteiger partial charge in [0.15, 0.2) is 0 Å². The summed E-state index contributed by atoms with van der Waals surface area (Å²) in [7, 11) is 0. The van der Waals surface area contributed by atoms with E-state index < -0.39 is 5.97 Å². The van der Waals surface area contributed by atoms with Crippen LogP contribution in [0.3, 0.4) is 0 Å². The lowest BCUT2D eigenvalue weighted by atomic mass is 9.92. The Hall–Kier alpha value is -1.56. The molecule has 0 N–H and O–H groups in total. The van der Waals surface area contributed by atoms with Crippen molar-refractivity contribution >= 4 is 5.97 Å². The number of ether oxygens (including phenoxy) is 1. The zero-order valence-electron chi connectivity index (χ0n) is 8.90. The van der Waals surface area contributed by atoms with E-state index in [-0.39, 0.29) is 5.57 Å². The highest BCUT2D eigenvalue weighted by atomic mass is 16.5. The van der Waals surface area contributed by atoms with Crippen molar-refractivity contribution in [3.63, 3.8) is 0 Å². The molecule has 1 rings (SSSR count). The monoisotopic (exact) mass is 205 g/mol. The lowest BCUT2D eigenvalue weighted by Gasteiger charge is -2.13. The molecular weight excluding hydrogens is 190 g/mol. The van der Waals surface area contributed by atoms with E-state index in [0.29, 0.717) is 12.5 Å². The van der Waals surface area contributed by atoms with Gasteiger partial charge in [-0.1, -0.05) is 18.2 Å². The van der Waals surface area contributed by atoms with Crippen LogP contribution in [0, 0.1) is 17.2 Å². The van der Waals surface area contributed by atoms with Crippen molar-refractivity contribution in [3.05, 3.63) is 23.8 Å². The largest absolute Gasteiger partial charge is 0.462 e. The number of allylic oxidation sites excluding steroid dienone is 3. The normalized spacial score (nSPS) is 20.8. The zero-order chi connectivity index (χ0) is 11.1. The number of esters is 1. The second kappa shape index (κ2) is 6.02. The van der Waals surface area contributed by atoms with Crippen molar-refractivity contribution < 1.29 is 9.53 Å². The van der Waals surface area contributed by atoms with E-state index in [1.807, 2.05) is 6.07 Å². The summed E-state index contributed by atoms with van der Waals surface area (Å²) in [5.74, 6) is -0.205. The average molecular weight is 205 g/mol. The maximum atomic E-state index is 11.3. The van der Waals surface area contributed by atoms with Gasteiger partial charge in [0.1, 0.15) is 11.6 Å². The number of nitriles is 1. The zero-order valence-corrected chi connectivity index (χ0v) is 8.90. The molecule has 0 fully saturated rings. The van der Waals surface area contributed by atoms with Gasteiger partial charge < -0.3 is 4.74 Å². The fourth-order valence-corrected chi connectivity index (χ4v) is 1.56. The summed E-state index contributed by atoms with van der Waals surface area (Å²) in [6.07, 6.45) is 8.88. The minimum Gasteiger partial charge on any atom is -0.462 e. The molecule has 15 heavy (non-hydrogen) atoms. The molecule has 0 bridgehead atoms. The van der Waals surface area contributed by atoms with Crippen LogP contribution in [0.4, 0.5) is 0 Å². The van der Waals surface area contributed by atoms with Gasteiger partial charge >= 0.3 is 5.97 Å². The number of carbonyl (C=O) groups excluding carboxylic acids is 1. The van der Waals surface area contributed by atoms with Crippen LogP contribution in [0.2, 0.25) is 0 Å². The van der Waals surface area contributed by atoms with Crippen molar-refractivity contribution in [2.75, 3.05) is 6.61 Å². The Morgan fingerprint density at radius 1 is 1.67 bits per heavy atom. The Balaban J connectivity index is 2.65.